The van der Waals surface area contributed by atoms with E-state index in [1.54, 1.807) is 38.3 Å². The van der Waals surface area contributed by atoms with Gasteiger partial charge < -0.3 is 9.84 Å². The molecule has 1 N–H and O–H groups in total. The minimum atomic E-state index is -0.814. The summed E-state index contributed by atoms with van der Waals surface area (Å²) in [5.41, 5.74) is 2.27. The second-order valence-corrected chi connectivity index (χ2v) is 8.98. The fourth-order valence-electron chi connectivity index (χ4n) is 3.70. The van der Waals surface area contributed by atoms with Gasteiger partial charge in [-0.05, 0) is 48.2 Å². The number of benzene rings is 2. The van der Waals surface area contributed by atoms with Gasteiger partial charge in [-0.15, -0.1) is 10.2 Å². The highest BCUT2D eigenvalue weighted by molar-refractivity contribution is 7.15. The second-order valence-electron chi connectivity index (χ2n) is 7.82. The SMILES string of the molecule is COc1ccc(/C(O)=C2/C(=O)C(=O)N(c3nnc(C)s3)C2c2ccc(C(C)C)cc2)cc1. The summed E-state index contributed by atoms with van der Waals surface area (Å²) >= 11 is 1.22. The third-order valence-electron chi connectivity index (χ3n) is 5.45. The summed E-state index contributed by atoms with van der Waals surface area (Å²) in [5.74, 6) is -0.793. The number of carbonyl (C=O) groups is 2. The molecule has 32 heavy (non-hydrogen) atoms. The van der Waals surface area contributed by atoms with E-state index in [1.807, 2.05) is 24.3 Å². The van der Waals surface area contributed by atoms with Crippen molar-refractivity contribution in [1.29, 1.82) is 0 Å². The van der Waals surface area contributed by atoms with Crippen LogP contribution in [0.1, 0.15) is 47.5 Å². The average molecular weight is 450 g/mol. The molecule has 2 heterocycles. The van der Waals surface area contributed by atoms with Gasteiger partial charge in [0.2, 0.25) is 5.13 Å². The molecule has 1 aliphatic heterocycles. The molecule has 0 bridgehead atoms. The van der Waals surface area contributed by atoms with Gasteiger partial charge in [-0.2, -0.15) is 0 Å². The molecule has 1 fully saturated rings. The van der Waals surface area contributed by atoms with Gasteiger partial charge in [0.25, 0.3) is 5.78 Å². The Bertz CT molecular complexity index is 1200. The fraction of sp³-hybridized carbons (Fsp3) is 0.250. The number of hydrogen-bond acceptors (Lipinski definition) is 7. The van der Waals surface area contributed by atoms with Crippen LogP contribution in [0.4, 0.5) is 5.13 Å². The summed E-state index contributed by atoms with van der Waals surface area (Å²) in [6.07, 6.45) is 0. The number of aryl methyl sites for hydroxylation is 1. The minimum absolute atomic E-state index is 0.0188. The summed E-state index contributed by atoms with van der Waals surface area (Å²) in [5, 5.41) is 20.2. The number of rotatable bonds is 5. The van der Waals surface area contributed by atoms with Crippen LogP contribution in [0, 0.1) is 6.92 Å². The topological polar surface area (TPSA) is 92.6 Å². The van der Waals surface area contributed by atoms with Gasteiger partial charge in [0.15, 0.2) is 0 Å². The van der Waals surface area contributed by atoms with E-state index in [0.29, 0.717) is 32.9 Å². The summed E-state index contributed by atoms with van der Waals surface area (Å²) in [6, 6.07) is 13.6. The van der Waals surface area contributed by atoms with E-state index in [-0.39, 0.29) is 11.3 Å². The Balaban J connectivity index is 1.89. The molecule has 0 aliphatic carbocycles. The molecule has 2 aromatic carbocycles. The highest BCUT2D eigenvalue weighted by Crippen LogP contribution is 2.43. The Kier molecular flexibility index (Phi) is 5.80. The molecule has 1 unspecified atom stereocenters. The Hall–Kier alpha value is -3.52. The first-order chi connectivity index (χ1) is 15.3. The van der Waals surface area contributed by atoms with Crippen molar-refractivity contribution < 1.29 is 19.4 Å². The number of aromatic nitrogens is 2. The highest BCUT2D eigenvalue weighted by Gasteiger charge is 2.48. The lowest BCUT2D eigenvalue weighted by atomic mass is 9.93. The summed E-state index contributed by atoms with van der Waals surface area (Å²) in [6.45, 7) is 5.96. The fourth-order valence-corrected chi connectivity index (χ4v) is 4.41. The number of hydrogen-bond donors (Lipinski definition) is 1. The molecule has 7 nitrogen and oxygen atoms in total. The average Bonchev–Trinajstić information content (AvgIpc) is 3.34. The van der Waals surface area contributed by atoms with Crippen molar-refractivity contribution in [2.24, 2.45) is 0 Å². The first-order valence-electron chi connectivity index (χ1n) is 10.2. The zero-order valence-corrected chi connectivity index (χ0v) is 19.0. The third-order valence-corrected chi connectivity index (χ3v) is 6.29. The molecule has 0 saturated carbocycles. The predicted octanol–water partition coefficient (Wildman–Crippen LogP) is 4.60. The summed E-state index contributed by atoms with van der Waals surface area (Å²) in [7, 11) is 1.55. The van der Waals surface area contributed by atoms with Gasteiger partial charge in [0, 0.05) is 5.56 Å². The van der Waals surface area contributed by atoms with Crippen LogP contribution in [-0.4, -0.2) is 34.1 Å². The Morgan fingerprint density at radius 3 is 2.25 bits per heavy atom. The Morgan fingerprint density at radius 1 is 1.06 bits per heavy atom. The van der Waals surface area contributed by atoms with Crippen molar-refractivity contribution in [2.45, 2.75) is 32.7 Å². The lowest BCUT2D eigenvalue weighted by Gasteiger charge is -2.23. The first-order valence-corrected chi connectivity index (χ1v) is 11.0. The van der Waals surface area contributed by atoms with Crippen molar-refractivity contribution in [3.63, 3.8) is 0 Å². The van der Waals surface area contributed by atoms with Crippen LogP contribution in [0.15, 0.2) is 54.1 Å². The monoisotopic (exact) mass is 449 g/mol. The van der Waals surface area contributed by atoms with Crippen molar-refractivity contribution in [2.75, 3.05) is 12.0 Å². The van der Waals surface area contributed by atoms with E-state index in [2.05, 4.69) is 24.0 Å². The quantitative estimate of drug-likeness (QED) is 0.348. The number of anilines is 1. The van der Waals surface area contributed by atoms with E-state index < -0.39 is 17.7 Å². The van der Waals surface area contributed by atoms with Crippen LogP contribution in [0.25, 0.3) is 5.76 Å². The number of nitrogens with zero attached hydrogens (tertiary/aromatic N) is 3. The molecule has 1 amide bonds. The van der Waals surface area contributed by atoms with E-state index in [9.17, 15) is 14.7 Å². The number of ether oxygens (including phenoxy) is 1. The Labute approximate surface area is 190 Å². The number of aliphatic hydroxyl groups excluding tert-OH is 1. The predicted molar refractivity (Wildman–Crippen MR) is 123 cm³/mol. The molecule has 0 radical (unpaired) electrons. The van der Waals surface area contributed by atoms with E-state index in [1.165, 1.54) is 16.2 Å². The summed E-state index contributed by atoms with van der Waals surface area (Å²) < 4.78 is 5.17. The molecule has 1 saturated heterocycles. The second kappa shape index (κ2) is 8.55. The van der Waals surface area contributed by atoms with Crippen molar-refractivity contribution in [3.8, 4) is 5.75 Å². The van der Waals surface area contributed by atoms with E-state index in [0.717, 1.165) is 5.56 Å². The van der Waals surface area contributed by atoms with Crippen molar-refractivity contribution in [1.82, 2.24) is 10.2 Å². The van der Waals surface area contributed by atoms with Crippen molar-refractivity contribution >= 4 is 33.9 Å². The van der Waals surface area contributed by atoms with Gasteiger partial charge in [-0.25, -0.2) is 0 Å². The molecule has 164 valence electrons. The number of Topliss-reactive ketones (excluding diaryl/α,β-unsaturated/α-hetero) is 1. The lowest BCUT2D eigenvalue weighted by molar-refractivity contribution is -0.132. The molecule has 4 rings (SSSR count). The molecule has 8 heteroatoms. The number of amides is 1. The highest BCUT2D eigenvalue weighted by atomic mass is 32.1. The molecular weight excluding hydrogens is 426 g/mol. The maximum absolute atomic E-state index is 13.1. The maximum atomic E-state index is 13.1. The largest absolute Gasteiger partial charge is 0.507 e. The van der Waals surface area contributed by atoms with Gasteiger partial charge in [-0.1, -0.05) is 49.4 Å². The molecule has 0 spiro atoms. The zero-order valence-electron chi connectivity index (χ0n) is 18.2. The van der Waals surface area contributed by atoms with Gasteiger partial charge >= 0.3 is 5.91 Å². The molecule has 1 atom stereocenters. The van der Waals surface area contributed by atoms with Gasteiger partial charge in [-0.3, -0.25) is 14.5 Å². The van der Waals surface area contributed by atoms with Gasteiger partial charge in [0.05, 0.1) is 18.7 Å². The molecule has 1 aliphatic rings. The number of aliphatic hydroxyl groups is 1. The maximum Gasteiger partial charge on any atom is 0.301 e. The van der Waals surface area contributed by atoms with E-state index >= 15 is 0 Å². The Morgan fingerprint density at radius 2 is 1.72 bits per heavy atom. The van der Waals surface area contributed by atoms with E-state index in [4.69, 9.17) is 4.74 Å². The van der Waals surface area contributed by atoms with Crippen LogP contribution in [0.3, 0.4) is 0 Å². The molecular formula is C24H23N3O4S. The van der Waals surface area contributed by atoms with Crippen LogP contribution >= 0.6 is 11.3 Å². The standard InChI is InChI=1S/C24H23N3O4S/c1-13(2)15-5-7-16(8-6-15)20-19(21(28)17-9-11-18(31-4)12-10-17)22(29)23(30)27(20)24-26-25-14(3)32-24/h5-13,20,28H,1-4H3/b21-19-. The van der Waals surface area contributed by atoms with Gasteiger partial charge in [0.1, 0.15) is 16.5 Å². The van der Waals surface area contributed by atoms with Crippen LogP contribution < -0.4 is 9.64 Å². The number of methoxy groups -OCH3 is 1. The van der Waals surface area contributed by atoms with Crippen LogP contribution in [-0.2, 0) is 9.59 Å². The first kappa shape index (κ1) is 21.7. The number of carbonyl (C=O) groups excluding carboxylic acids is 2. The smallest absolute Gasteiger partial charge is 0.301 e. The zero-order chi connectivity index (χ0) is 23.0. The molecule has 1 aromatic heterocycles. The molecule has 3 aromatic rings. The normalized spacial score (nSPS) is 17.9. The lowest BCUT2D eigenvalue weighted by Crippen LogP contribution is -2.29. The third kappa shape index (κ3) is 3.78. The van der Waals surface area contributed by atoms with Crippen LogP contribution in [0.2, 0.25) is 0 Å². The van der Waals surface area contributed by atoms with Crippen molar-refractivity contribution in [3.05, 3.63) is 75.8 Å². The number of ketones is 1. The van der Waals surface area contributed by atoms with Crippen LogP contribution in [0.5, 0.6) is 5.75 Å². The summed E-state index contributed by atoms with van der Waals surface area (Å²) in [4.78, 5) is 27.5. The minimum Gasteiger partial charge on any atom is -0.507 e.